The third-order valence-corrected chi connectivity index (χ3v) is 7.78. The summed E-state index contributed by atoms with van der Waals surface area (Å²) >= 11 is 7.70. The first kappa shape index (κ1) is 26.9. The van der Waals surface area contributed by atoms with Gasteiger partial charge in [-0.05, 0) is 45.9 Å². The van der Waals surface area contributed by atoms with E-state index in [1.54, 1.807) is 38.7 Å². The summed E-state index contributed by atoms with van der Waals surface area (Å²) in [4.78, 5) is 44.6. The van der Waals surface area contributed by atoms with Gasteiger partial charge in [0.1, 0.15) is 23.8 Å². The van der Waals surface area contributed by atoms with Gasteiger partial charge in [0.2, 0.25) is 0 Å². The van der Waals surface area contributed by atoms with Crippen LogP contribution in [0, 0.1) is 12.7 Å². The molecule has 10 nitrogen and oxygen atoms in total. The van der Waals surface area contributed by atoms with Gasteiger partial charge < -0.3 is 24.4 Å². The predicted octanol–water partition coefficient (Wildman–Crippen LogP) is 5.61. The number of benzene rings is 2. The molecule has 0 unspecified atom stereocenters. The molecule has 2 aromatic carbocycles. The highest BCUT2D eigenvalue weighted by Gasteiger charge is 2.38. The highest BCUT2D eigenvalue weighted by atomic mass is 35.5. The number of carboxylic acid groups (broad SMARTS) is 1. The van der Waals surface area contributed by atoms with E-state index in [-0.39, 0.29) is 58.1 Å². The van der Waals surface area contributed by atoms with Gasteiger partial charge in [0, 0.05) is 41.3 Å². The number of carbonyl (C=O) groups is 3. The molecular weight excluding hydrogens is 551 g/mol. The van der Waals surface area contributed by atoms with Crippen LogP contribution in [-0.4, -0.2) is 75.9 Å². The maximum absolute atomic E-state index is 14.8. The average Bonchev–Trinajstić information content (AvgIpc) is 3.21. The number of amides is 3. The molecule has 3 aromatic rings. The summed E-state index contributed by atoms with van der Waals surface area (Å²) in [6.45, 7) is 7.62. The Morgan fingerprint density at radius 2 is 2.03 bits per heavy atom. The standard InChI is InChI=1S/C26H26ClFN4O6S/c1-12-18(14-5-6-17(28)21-19(14)29-23(39-21)30-24(34)38-26(2,3)4)16(27)9-15-20(12)37-11-13-10-31(25(35)36)7-8-32(13)22(15)33/h5-6,9,13H,7-8,10-11H2,1-4H3,(H,35,36)(H,29,30,34)/t13-/m1/s1. The van der Waals surface area contributed by atoms with Crippen LogP contribution in [-0.2, 0) is 4.74 Å². The molecule has 13 heteroatoms. The lowest BCUT2D eigenvalue weighted by Gasteiger charge is -2.38. The molecule has 0 saturated carbocycles. The second-order valence-corrected chi connectivity index (χ2v) is 11.8. The average molecular weight is 577 g/mol. The number of carbonyl (C=O) groups excluding carboxylic acids is 2. The van der Waals surface area contributed by atoms with E-state index in [9.17, 15) is 23.9 Å². The normalized spacial score (nSPS) is 17.3. The van der Waals surface area contributed by atoms with Gasteiger partial charge in [-0.2, -0.15) is 0 Å². The summed E-state index contributed by atoms with van der Waals surface area (Å²) in [6, 6.07) is 3.91. The number of ether oxygens (including phenoxy) is 2. The lowest BCUT2D eigenvalue weighted by Crippen LogP contribution is -2.57. The van der Waals surface area contributed by atoms with Crippen molar-refractivity contribution in [2.24, 2.45) is 0 Å². The largest absolute Gasteiger partial charge is 0.490 e. The van der Waals surface area contributed by atoms with Crippen LogP contribution in [0.25, 0.3) is 21.3 Å². The van der Waals surface area contributed by atoms with Gasteiger partial charge in [-0.3, -0.25) is 10.1 Å². The van der Waals surface area contributed by atoms with Crippen LogP contribution in [0.1, 0.15) is 36.7 Å². The van der Waals surface area contributed by atoms with Gasteiger partial charge in [0.25, 0.3) is 5.91 Å². The van der Waals surface area contributed by atoms with E-state index in [4.69, 9.17) is 21.1 Å². The number of thiazole rings is 1. The zero-order valence-corrected chi connectivity index (χ0v) is 23.2. The zero-order valence-electron chi connectivity index (χ0n) is 21.6. The maximum Gasteiger partial charge on any atom is 0.413 e. The number of rotatable bonds is 2. The quantitative estimate of drug-likeness (QED) is 0.407. The van der Waals surface area contributed by atoms with Crippen LogP contribution < -0.4 is 10.1 Å². The molecule has 206 valence electrons. The monoisotopic (exact) mass is 576 g/mol. The topological polar surface area (TPSA) is 121 Å². The first-order chi connectivity index (χ1) is 18.3. The summed E-state index contributed by atoms with van der Waals surface area (Å²) in [5, 5.41) is 12.3. The Morgan fingerprint density at radius 1 is 1.28 bits per heavy atom. The SMILES string of the molecule is Cc1c2c(cc(Cl)c1-c1ccc(F)c3sc(NC(=O)OC(C)(C)C)nc13)C(=O)N1CCN(C(=O)O)C[C@@H]1CO2. The van der Waals surface area contributed by atoms with E-state index >= 15 is 0 Å². The molecule has 0 bridgehead atoms. The second kappa shape index (κ2) is 9.83. The molecule has 2 aliphatic heterocycles. The van der Waals surface area contributed by atoms with Crippen LogP contribution in [0.15, 0.2) is 18.2 Å². The van der Waals surface area contributed by atoms with Crippen molar-refractivity contribution < 1.29 is 33.4 Å². The van der Waals surface area contributed by atoms with Crippen molar-refractivity contribution in [2.75, 3.05) is 31.6 Å². The van der Waals surface area contributed by atoms with Gasteiger partial charge in [-0.1, -0.05) is 22.9 Å². The maximum atomic E-state index is 14.8. The Bertz CT molecular complexity index is 1520. The number of halogens is 2. The molecule has 3 amide bonds. The fourth-order valence-corrected chi connectivity index (χ4v) is 6.06. The van der Waals surface area contributed by atoms with Crippen molar-refractivity contribution in [1.29, 1.82) is 0 Å². The fourth-order valence-electron chi connectivity index (χ4n) is 4.83. The molecule has 0 spiro atoms. The lowest BCUT2D eigenvalue weighted by molar-refractivity contribution is 0.0390. The van der Waals surface area contributed by atoms with Crippen molar-refractivity contribution in [3.63, 3.8) is 0 Å². The Balaban J connectivity index is 1.55. The van der Waals surface area contributed by atoms with Crippen molar-refractivity contribution >= 4 is 56.4 Å². The first-order valence-corrected chi connectivity index (χ1v) is 13.4. The van der Waals surface area contributed by atoms with Crippen molar-refractivity contribution in [3.05, 3.63) is 40.2 Å². The molecule has 5 rings (SSSR count). The molecule has 1 aromatic heterocycles. The summed E-state index contributed by atoms with van der Waals surface area (Å²) in [5.74, 6) is -0.482. The summed E-state index contributed by atoms with van der Waals surface area (Å²) in [7, 11) is 0. The van der Waals surface area contributed by atoms with Gasteiger partial charge in [0.15, 0.2) is 5.13 Å². The van der Waals surface area contributed by atoms with Crippen LogP contribution in [0.4, 0.5) is 19.1 Å². The molecule has 0 aliphatic carbocycles. The van der Waals surface area contributed by atoms with Crippen molar-refractivity contribution in [3.8, 4) is 16.9 Å². The van der Waals surface area contributed by atoms with E-state index in [0.29, 0.717) is 22.4 Å². The molecule has 1 saturated heterocycles. The smallest absolute Gasteiger partial charge is 0.413 e. The van der Waals surface area contributed by atoms with Crippen LogP contribution >= 0.6 is 22.9 Å². The first-order valence-electron chi connectivity index (χ1n) is 12.2. The van der Waals surface area contributed by atoms with Crippen molar-refractivity contribution in [2.45, 2.75) is 39.3 Å². The van der Waals surface area contributed by atoms with Crippen LogP contribution in [0.5, 0.6) is 5.75 Å². The third kappa shape index (κ3) is 5.06. The Morgan fingerprint density at radius 3 is 2.72 bits per heavy atom. The number of nitrogens with one attached hydrogen (secondary N) is 1. The molecular formula is C26H26ClFN4O6S. The number of piperazine rings is 1. The summed E-state index contributed by atoms with van der Waals surface area (Å²) in [6.07, 6.45) is -1.76. The molecule has 1 fully saturated rings. The predicted molar refractivity (Wildman–Crippen MR) is 145 cm³/mol. The summed E-state index contributed by atoms with van der Waals surface area (Å²) < 4.78 is 26.4. The number of anilines is 1. The highest BCUT2D eigenvalue weighted by Crippen LogP contribution is 2.44. The highest BCUT2D eigenvalue weighted by molar-refractivity contribution is 7.22. The van der Waals surface area contributed by atoms with Gasteiger partial charge in [-0.15, -0.1) is 0 Å². The molecule has 0 radical (unpaired) electrons. The number of hydrogen-bond donors (Lipinski definition) is 2. The molecule has 39 heavy (non-hydrogen) atoms. The van der Waals surface area contributed by atoms with E-state index < -0.39 is 29.6 Å². The van der Waals surface area contributed by atoms with Gasteiger partial charge >= 0.3 is 12.2 Å². The number of fused-ring (bicyclic) bond motifs is 3. The van der Waals surface area contributed by atoms with Crippen LogP contribution in [0.2, 0.25) is 5.02 Å². The van der Waals surface area contributed by atoms with E-state index in [0.717, 1.165) is 11.3 Å². The van der Waals surface area contributed by atoms with E-state index in [2.05, 4.69) is 10.3 Å². The molecule has 2 N–H and O–H groups in total. The molecule has 3 heterocycles. The summed E-state index contributed by atoms with van der Waals surface area (Å²) in [5.41, 5.74) is 1.40. The Kier molecular flexibility index (Phi) is 6.79. The minimum atomic E-state index is -1.05. The fraction of sp³-hybridized carbons (Fsp3) is 0.385. The van der Waals surface area contributed by atoms with Gasteiger partial charge in [-0.25, -0.2) is 19.0 Å². The minimum Gasteiger partial charge on any atom is -0.490 e. The number of aromatic nitrogens is 1. The minimum absolute atomic E-state index is 0.101. The lowest BCUT2D eigenvalue weighted by atomic mass is 9.95. The zero-order chi connectivity index (χ0) is 28.2. The third-order valence-electron chi connectivity index (χ3n) is 6.51. The number of nitrogens with zero attached hydrogens (tertiary/aromatic N) is 3. The molecule has 1 atom stereocenters. The second-order valence-electron chi connectivity index (χ2n) is 10.3. The van der Waals surface area contributed by atoms with E-state index in [1.165, 1.54) is 17.0 Å². The van der Waals surface area contributed by atoms with Gasteiger partial charge in [0.05, 0.1) is 21.8 Å². The van der Waals surface area contributed by atoms with E-state index in [1.807, 2.05) is 0 Å². The Hall–Kier alpha value is -3.64. The molecule has 2 aliphatic rings. The number of hydrogen-bond acceptors (Lipinski definition) is 7. The Labute approximate surface area is 232 Å². The van der Waals surface area contributed by atoms with Crippen LogP contribution in [0.3, 0.4) is 0 Å². The van der Waals surface area contributed by atoms with Crippen molar-refractivity contribution in [1.82, 2.24) is 14.8 Å².